The molecular formula is C20H32I2O4. The lowest BCUT2D eigenvalue weighted by atomic mass is 9.85. The molecule has 0 atom stereocenters. The van der Waals surface area contributed by atoms with Gasteiger partial charge < -0.3 is 0 Å². The zero-order valence-corrected chi connectivity index (χ0v) is 21.9. The molecule has 0 saturated carbocycles. The summed E-state index contributed by atoms with van der Waals surface area (Å²) in [6.07, 6.45) is 0. The fourth-order valence-corrected chi connectivity index (χ4v) is 3.76. The molecule has 26 heavy (non-hydrogen) atoms. The lowest BCUT2D eigenvalue weighted by molar-refractivity contribution is -0.407. The van der Waals surface area contributed by atoms with Crippen molar-refractivity contribution in [2.24, 2.45) is 0 Å². The molecule has 6 heteroatoms. The van der Waals surface area contributed by atoms with Gasteiger partial charge in [0.25, 0.3) is 0 Å². The third-order valence-corrected chi connectivity index (χ3v) is 6.40. The van der Waals surface area contributed by atoms with Crippen LogP contribution in [0, 0.1) is 7.14 Å². The van der Waals surface area contributed by atoms with Crippen LogP contribution < -0.4 is 0 Å². The number of benzene rings is 1. The Morgan fingerprint density at radius 1 is 0.615 bits per heavy atom. The van der Waals surface area contributed by atoms with E-state index >= 15 is 0 Å². The lowest BCUT2D eigenvalue weighted by Crippen LogP contribution is -2.35. The molecule has 0 aromatic heterocycles. The Labute approximate surface area is 185 Å². The molecule has 1 rings (SSSR count). The highest BCUT2D eigenvalue weighted by atomic mass is 127. The van der Waals surface area contributed by atoms with Crippen LogP contribution >= 0.6 is 45.2 Å². The third kappa shape index (κ3) is 7.16. The van der Waals surface area contributed by atoms with Crippen molar-refractivity contribution in [1.29, 1.82) is 0 Å². The van der Waals surface area contributed by atoms with Crippen molar-refractivity contribution < 1.29 is 19.6 Å². The zero-order valence-electron chi connectivity index (χ0n) is 17.5. The highest BCUT2D eigenvalue weighted by molar-refractivity contribution is 14.1. The Morgan fingerprint density at radius 2 is 1.04 bits per heavy atom. The molecule has 1 aromatic rings. The number of hydrogen-bond acceptors (Lipinski definition) is 4. The van der Waals surface area contributed by atoms with E-state index in [1.165, 1.54) is 0 Å². The minimum Gasteiger partial charge on any atom is -0.230 e. The van der Waals surface area contributed by atoms with Crippen LogP contribution in [-0.2, 0) is 30.8 Å². The fraction of sp³-hybridized carbons (Fsp3) is 0.700. The molecule has 0 radical (unpaired) electrons. The third-order valence-electron chi connectivity index (χ3n) is 3.35. The van der Waals surface area contributed by atoms with Gasteiger partial charge in [-0.2, -0.15) is 0 Å². The van der Waals surface area contributed by atoms with Crippen molar-refractivity contribution in [2.45, 2.75) is 91.6 Å². The van der Waals surface area contributed by atoms with E-state index in [1.807, 2.05) is 69.2 Å². The van der Waals surface area contributed by atoms with Crippen LogP contribution in [0.25, 0.3) is 0 Å². The predicted octanol–water partition coefficient (Wildman–Crippen LogP) is 6.86. The first kappa shape index (κ1) is 24.6. The second-order valence-corrected chi connectivity index (χ2v) is 11.6. The SMILES string of the molecule is CC(C)(C)OOC(C)(C)c1ccc(I)c(I)c1C(C)(C)OOC(C)(C)C. The van der Waals surface area contributed by atoms with Crippen molar-refractivity contribution >= 4 is 45.2 Å². The molecule has 0 heterocycles. The van der Waals surface area contributed by atoms with Crippen LogP contribution in [0.3, 0.4) is 0 Å². The topological polar surface area (TPSA) is 36.9 Å². The van der Waals surface area contributed by atoms with Gasteiger partial charge in [-0.15, -0.1) is 0 Å². The largest absolute Gasteiger partial charge is 0.230 e. The molecular weight excluding hydrogens is 558 g/mol. The molecule has 0 saturated heterocycles. The molecule has 4 nitrogen and oxygen atoms in total. The van der Waals surface area contributed by atoms with E-state index in [4.69, 9.17) is 19.6 Å². The van der Waals surface area contributed by atoms with E-state index in [9.17, 15) is 0 Å². The maximum atomic E-state index is 5.89. The van der Waals surface area contributed by atoms with Gasteiger partial charge >= 0.3 is 0 Å². The molecule has 0 fully saturated rings. The maximum absolute atomic E-state index is 5.89. The molecule has 0 N–H and O–H groups in total. The van der Waals surface area contributed by atoms with E-state index in [2.05, 4.69) is 57.3 Å². The molecule has 0 unspecified atom stereocenters. The highest BCUT2D eigenvalue weighted by Gasteiger charge is 2.37. The van der Waals surface area contributed by atoms with E-state index < -0.39 is 22.4 Å². The Morgan fingerprint density at radius 3 is 1.46 bits per heavy atom. The molecule has 0 amide bonds. The Bertz CT molecular complexity index is 626. The van der Waals surface area contributed by atoms with Gasteiger partial charge in [-0.25, -0.2) is 19.6 Å². The summed E-state index contributed by atoms with van der Waals surface area (Å²) in [6, 6.07) is 4.16. The van der Waals surface area contributed by atoms with Gasteiger partial charge in [0.2, 0.25) is 0 Å². The summed E-state index contributed by atoms with van der Waals surface area (Å²) in [7, 11) is 0. The minimum absolute atomic E-state index is 0.394. The zero-order chi connectivity index (χ0) is 20.6. The van der Waals surface area contributed by atoms with Crippen molar-refractivity contribution in [3.8, 4) is 0 Å². The van der Waals surface area contributed by atoms with Gasteiger partial charge in [-0.3, -0.25) is 0 Å². The van der Waals surface area contributed by atoms with Gasteiger partial charge in [0.1, 0.15) is 11.2 Å². The smallest absolute Gasteiger partial charge is 0.124 e. The molecule has 0 aliphatic heterocycles. The number of hydrogen-bond donors (Lipinski definition) is 0. The summed E-state index contributed by atoms with van der Waals surface area (Å²) < 4.78 is 2.28. The molecule has 0 aliphatic rings. The first-order valence-electron chi connectivity index (χ1n) is 8.69. The van der Waals surface area contributed by atoms with Crippen LogP contribution in [0.15, 0.2) is 12.1 Å². The summed E-state index contributed by atoms with van der Waals surface area (Å²) in [5.41, 5.74) is -0.0648. The van der Waals surface area contributed by atoms with Gasteiger partial charge in [0.15, 0.2) is 0 Å². The number of rotatable bonds is 6. The minimum atomic E-state index is -0.664. The quantitative estimate of drug-likeness (QED) is 0.206. The van der Waals surface area contributed by atoms with Crippen LogP contribution in [-0.4, -0.2) is 11.2 Å². The molecule has 0 bridgehead atoms. The summed E-state index contributed by atoms with van der Waals surface area (Å²) in [5.74, 6) is 0. The van der Waals surface area contributed by atoms with Crippen LogP contribution in [0.1, 0.15) is 80.4 Å². The van der Waals surface area contributed by atoms with Gasteiger partial charge in [-0.05, 0) is 126 Å². The molecule has 1 aromatic carbocycles. The fourth-order valence-electron chi connectivity index (χ4n) is 2.19. The summed E-state index contributed by atoms with van der Waals surface area (Å²) in [6.45, 7) is 19.8. The normalized spacial score (nSPS) is 14.0. The van der Waals surface area contributed by atoms with Crippen molar-refractivity contribution in [3.63, 3.8) is 0 Å². The highest BCUT2D eigenvalue weighted by Crippen LogP contribution is 2.41. The Kier molecular flexibility index (Phi) is 8.02. The van der Waals surface area contributed by atoms with E-state index in [1.54, 1.807) is 0 Å². The van der Waals surface area contributed by atoms with E-state index in [0.29, 0.717) is 0 Å². The van der Waals surface area contributed by atoms with Gasteiger partial charge in [0, 0.05) is 12.7 Å². The lowest BCUT2D eigenvalue weighted by Gasteiger charge is -2.36. The monoisotopic (exact) mass is 590 g/mol. The Balaban J connectivity index is 3.36. The van der Waals surface area contributed by atoms with Crippen LogP contribution in [0.4, 0.5) is 0 Å². The van der Waals surface area contributed by atoms with E-state index in [-0.39, 0.29) is 0 Å². The molecule has 150 valence electrons. The van der Waals surface area contributed by atoms with Crippen molar-refractivity contribution in [3.05, 3.63) is 30.4 Å². The summed E-state index contributed by atoms with van der Waals surface area (Å²) in [5, 5.41) is 0. The van der Waals surface area contributed by atoms with Crippen LogP contribution in [0.5, 0.6) is 0 Å². The maximum Gasteiger partial charge on any atom is 0.124 e. The van der Waals surface area contributed by atoms with Crippen molar-refractivity contribution in [2.75, 3.05) is 0 Å². The first-order valence-corrected chi connectivity index (χ1v) is 10.8. The van der Waals surface area contributed by atoms with Crippen LogP contribution in [0.2, 0.25) is 0 Å². The average molecular weight is 590 g/mol. The van der Waals surface area contributed by atoms with Crippen molar-refractivity contribution in [1.82, 2.24) is 0 Å². The standard InChI is InChI=1S/C20H32I2O4/c1-17(2,3)23-25-19(7,8)13-11-12-14(21)16(22)15(13)20(9,10)26-24-18(4,5)6/h11-12H,1-10H3. The second kappa shape index (κ2) is 8.49. The summed E-state index contributed by atoms with van der Waals surface area (Å²) in [4.78, 5) is 23.0. The predicted molar refractivity (Wildman–Crippen MR) is 122 cm³/mol. The Hall–Kier alpha value is 0.520. The van der Waals surface area contributed by atoms with Gasteiger partial charge in [0.05, 0.1) is 11.2 Å². The summed E-state index contributed by atoms with van der Waals surface area (Å²) >= 11 is 4.70. The molecule has 0 aliphatic carbocycles. The van der Waals surface area contributed by atoms with E-state index in [0.717, 1.165) is 18.3 Å². The van der Waals surface area contributed by atoms with Gasteiger partial charge in [-0.1, -0.05) is 6.07 Å². The number of halogens is 2. The average Bonchev–Trinajstić information content (AvgIpc) is 2.44. The second-order valence-electron chi connectivity index (χ2n) is 9.36. The molecule has 0 spiro atoms. The first-order chi connectivity index (χ1) is 11.5.